The maximum atomic E-state index is 14.6. The molecule has 0 spiro atoms. The fourth-order valence-electron chi connectivity index (χ4n) is 8.46. The summed E-state index contributed by atoms with van der Waals surface area (Å²) >= 11 is 7.40. The number of carbonyl (C=O) groups is 9. The van der Waals surface area contributed by atoms with E-state index in [1.807, 2.05) is 0 Å². The van der Waals surface area contributed by atoms with Crippen LogP contribution in [-0.2, 0) is 56.0 Å². The largest absolute Gasteiger partial charge is 0.391 e. The Morgan fingerprint density at radius 1 is 0.887 bits per heavy atom. The predicted molar refractivity (Wildman–Crippen MR) is 269 cm³/mol. The highest BCUT2D eigenvalue weighted by Crippen LogP contribution is 2.26. The number of nitrogens with zero attached hydrogens (tertiary/aromatic N) is 2. The number of carbonyl (C=O) groups excluding carboxylic acids is 9. The summed E-state index contributed by atoms with van der Waals surface area (Å²) in [5.74, 6) is -8.40. The Labute approximate surface area is 423 Å². The molecule has 0 aromatic heterocycles. The van der Waals surface area contributed by atoms with Crippen LogP contribution in [0.1, 0.15) is 83.3 Å². The molecule has 8 atom stereocenters. The molecule has 0 aliphatic carbocycles. The van der Waals surface area contributed by atoms with E-state index >= 15 is 0 Å². The monoisotopic (exact) mass is 1020 g/mol. The SMILES string of the molecule is CCNC(=O)[C@@H](CCCN=C(N)N)NC(=O)[C@@H]1C[C@@H](O)CN1C(=O)[C@@H]1CSCCCC(=O)C[C@@H](Cc2ccc(Cl)cc2)C(=O)N[C@@H](Cc2ccccc2)C(=O)N[C@@H](C(C)C)C(=O)N[C@@H](CC(N)=O)C(=O)C1. The number of ketones is 2. The summed E-state index contributed by atoms with van der Waals surface area (Å²) in [5.41, 5.74) is 17.9. The standard InChI is InChI=1S/C49H69ClN10O10S/c1-4-54-44(66)36(13-8-18-55-49(52)53)56-46(68)39-24-35(62)26-60(39)48(70)32-23-40(63)37(25-41(51)64)57-47(69)42(28(2)3)59-45(67)38(21-29-10-6-5-7-11-29)58-43(65)31(20-30-14-16-33(50)17-15-30)22-34(61)12-9-19-71-27-32/h5-7,10-11,14-17,28,31-32,35-39,42,62H,4,8-9,12-13,18-27H2,1-3H3,(H2,51,64)(H,54,66)(H,56,68)(H,57,69)(H,58,65)(H,59,67)(H4,52,53,55)/t31-,32+,35-,36-,37+,38+,39+,42+/m1/s1. The van der Waals surface area contributed by atoms with Crippen molar-refractivity contribution in [3.63, 3.8) is 0 Å². The predicted octanol–water partition coefficient (Wildman–Crippen LogP) is 0.425. The number of likely N-dealkylation sites (N-methyl/N-ethyl adjacent to an activating group) is 1. The van der Waals surface area contributed by atoms with Crippen molar-refractivity contribution >= 4 is 82.2 Å². The van der Waals surface area contributed by atoms with Crippen molar-refractivity contribution in [2.75, 3.05) is 31.1 Å². The molecular formula is C49H69ClN10O10S. The number of aliphatic hydroxyl groups is 1. The van der Waals surface area contributed by atoms with Gasteiger partial charge in [0.05, 0.1) is 24.5 Å². The number of aliphatic imine (C=N–C) groups is 1. The lowest BCUT2D eigenvalue weighted by Gasteiger charge is -2.30. The van der Waals surface area contributed by atoms with Gasteiger partial charge in [-0.05, 0) is 67.5 Å². The summed E-state index contributed by atoms with van der Waals surface area (Å²) in [6, 6.07) is 9.40. The molecular weight excluding hydrogens is 956 g/mol. The maximum absolute atomic E-state index is 14.6. The van der Waals surface area contributed by atoms with Crippen LogP contribution < -0.4 is 43.8 Å². The minimum Gasteiger partial charge on any atom is -0.391 e. The lowest BCUT2D eigenvalue weighted by Crippen LogP contribution is -2.58. The van der Waals surface area contributed by atoms with Gasteiger partial charge >= 0.3 is 0 Å². The summed E-state index contributed by atoms with van der Waals surface area (Å²) in [6.45, 7) is 5.20. The van der Waals surface area contributed by atoms with Crippen molar-refractivity contribution in [1.29, 1.82) is 0 Å². The molecule has 2 heterocycles. The van der Waals surface area contributed by atoms with E-state index in [0.29, 0.717) is 29.2 Å². The van der Waals surface area contributed by atoms with Crippen molar-refractivity contribution in [2.45, 2.75) is 121 Å². The number of aliphatic hydroxyl groups excluding tert-OH is 1. The Hall–Kier alpha value is -6.06. The number of thioether (sulfide) groups is 1. The number of nitrogens with two attached hydrogens (primary N) is 3. The van der Waals surface area contributed by atoms with E-state index in [0.717, 1.165) is 5.56 Å². The Bertz CT molecular complexity index is 2210. The van der Waals surface area contributed by atoms with Gasteiger partial charge in [-0.1, -0.05) is 67.9 Å². The Kier molecular flexibility index (Phi) is 23.3. The number of β-amino-alcohol motifs (C(OH)–C–C–N with tert-alkyl or cyclic N) is 1. The van der Waals surface area contributed by atoms with Gasteiger partial charge in [-0.15, -0.1) is 0 Å². The summed E-state index contributed by atoms with van der Waals surface area (Å²) in [4.78, 5) is 130. The number of Topliss-reactive ketones (excluding diaryl/α,β-unsaturated/α-hetero) is 2. The third kappa shape index (κ3) is 18.9. The molecule has 12 N–H and O–H groups in total. The first-order valence-corrected chi connectivity index (χ1v) is 25.5. The third-order valence-electron chi connectivity index (χ3n) is 12.2. The van der Waals surface area contributed by atoms with E-state index < -0.39 is 114 Å². The fourth-order valence-corrected chi connectivity index (χ4v) is 9.65. The Morgan fingerprint density at radius 3 is 2.21 bits per heavy atom. The molecule has 2 aromatic carbocycles. The van der Waals surface area contributed by atoms with Crippen LogP contribution in [0.2, 0.25) is 5.02 Å². The molecule has 71 heavy (non-hydrogen) atoms. The normalized spacial score (nSPS) is 23.7. The molecule has 22 heteroatoms. The van der Waals surface area contributed by atoms with Crippen LogP contribution in [0.5, 0.6) is 0 Å². The number of nitrogens with one attached hydrogen (secondary N) is 5. The van der Waals surface area contributed by atoms with Gasteiger partial charge in [-0.25, -0.2) is 0 Å². The number of benzene rings is 2. The lowest BCUT2D eigenvalue weighted by atomic mass is 9.91. The van der Waals surface area contributed by atoms with E-state index in [1.54, 1.807) is 75.4 Å². The quantitative estimate of drug-likeness (QED) is 0.0627. The van der Waals surface area contributed by atoms with Gasteiger partial charge in [0.1, 0.15) is 30.0 Å². The summed E-state index contributed by atoms with van der Waals surface area (Å²) in [7, 11) is 0. The molecule has 0 bridgehead atoms. The molecule has 0 saturated carbocycles. The highest BCUT2D eigenvalue weighted by Gasteiger charge is 2.43. The first-order valence-electron chi connectivity index (χ1n) is 24.0. The summed E-state index contributed by atoms with van der Waals surface area (Å²) in [5, 5.41) is 24.9. The number of halogens is 1. The lowest BCUT2D eigenvalue weighted by molar-refractivity contribution is -0.143. The second-order valence-corrected chi connectivity index (χ2v) is 19.9. The van der Waals surface area contributed by atoms with Crippen LogP contribution in [0, 0.1) is 17.8 Å². The van der Waals surface area contributed by atoms with Crippen LogP contribution in [0.15, 0.2) is 59.6 Å². The van der Waals surface area contributed by atoms with E-state index in [9.17, 15) is 48.3 Å². The van der Waals surface area contributed by atoms with Crippen molar-refractivity contribution in [3.8, 4) is 0 Å². The zero-order chi connectivity index (χ0) is 52.2. The summed E-state index contributed by atoms with van der Waals surface area (Å²) < 4.78 is 0. The fraction of sp³-hybridized carbons (Fsp3) is 0.551. The average Bonchev–Trinajstić information content (AvgIpc) is 3.72. The number of primary amides is 1. The number of hydrogen-bond donors (Lipinski definition) is 9. The molecule has 2 aliphatic rings. The first-order chi connectivity index (χ1) is 33.8. The molecule has 388 valence electrons. The number of guanidine groups is 1. The van der Waals surface area contributed by atoms with Crippen LogP contribution in [0.25, 0.3) is 0 Å². The number of likely N-dealkylation sites (tertiary alicyclic amines) is 1. The van der Waals surface area contributed by atoms with E-state index in [4.69, 9.17) is 28.8 Å². The molecule has 2 aliphatic heterocycles. The first kappa shape index (κ1) is 57.5. The smallest absolute Gasteiger partial charge is 0.243 e. The Balaban J connectivity index is 1.68. The van der Waals surface area contributed by atoms with Crippen molar-refractivity contribution in [2.24, 2.45) is 39.9 Å². The minimum absolute atomic E-state index is 0.0155. The topological polar surface area (TPSA) is 328 Å². The van der Waals surface area contributed by atoms with Gasteiger partial charge in [-0.2, -0.15) is 11.8 Å². The van der Waals surface area contributed by atoms with Crippen molar-refractivity contribution in [3.05, 3.63) is 70.7 Å². The van der Waals surface area contributed by atoms with Crippen LogP contribution in [-0.4, -0.2) is 136 Å². The maximum Gasteiger partial charge on any atom is 0.243 e. The molecule has 2 fully saturated rings. The molecule has 7 amide bonds. The van der Waals surface area contributed by atoms with Gasteiger partial charge < -0.3 is 53.8 Å². The zero-order valence-electron chi connectivity index (χ0n) is 40.5. The van der Waals surface area contributed by atoms with Gasteiger partial charge in [0.25, 0.3) is 0 Å². The molecule has 0 radical (unpaired) electrons. The zero-order valence-corrected chi connectivity index (χ0v) is 42.1. The highest BCUT2D eigenvalue weighted by atomic mass is 35.5. The second-order valence-electron chi connectivity index (χ2n) is 18.3. The van der Waals surface area contributed by atoms with E-state index in [-0.39, 0.29) is 75.7 Å². The van der Waals surface area contributed by atoms with Gasteiger partial charge in [-0.3, -0.25) is 48.1 Å². The van der Waals surface area contributed by atoms with Crippen LogP contribution >= 0.6 is 23.4 Å². The number of rotatable bonds is 16. The van der Waals surface area contributed by atoms with Crippen molar-refractivity contribution < 1.29 is 48.3 Å². The van der Waals surface area contributed by atoms with Crippen molar-refractivity contribution in [1.82, 2.24) is 31.5 Å². The van der Waals surface area contributed by atoms with Crippen LogP contribution in [0.4, 0.5) is 0 Å². The molecule has 2 saturated heterocycles. The number of amides is 7. The molecule has 0 unspecified atom stereocenters. The van der Waals surface area contributed by atoms with E-state index in [1.165, 1.54) is 16.7 Å². The molecule has 4 rings (SSSR count). The Morgan fingerprint density at radius 2 is 1.56 bits per heavy atom. The number of hydrogen-bond acceptors (Lipinski definition) is 12. The molecule has 20 nitrogen and oxygen atoms in total. The molecule has 2 aromatic rings. The minimum atomic E-state index is -1.55. The second kappa shape index (κ2) is 28.7. The van der Waals surface area contributed by atoms with E-state index in [2.05, 4.69) is 31.6 Å². The van der Waals surface area contributed by atoms with Gasteiger partial charge in [0.2, 0.25) is 41.4 Å². The third-order valence-corrected chi connectivity index (χ3v) is 13.6. The van der Waals surface area contributed by atoms with Gasteiger partial charge in [0, 0.05) is 68.4 Å². The highest BCUT2D eigenvalue weighted by molar-refractivity contribution is 7.99. The van der Waals surface area contributed by atoms with Gasteiger partial charge in [0.15, 0.2) is 11.7 Å². The average molecular weight is 1030 g/mol. The summed E-state index contributed by atoms with van der Waals surface area (Å²) in [6.07, 6.45) is -1.64. The van der Waals surface area contributed by atoms with Crippen LogP contribution in [0.3, 0.4) is 0 Å².